The van der Waals surface area contributed by atoms with Gasteiger partial charge in [0.15, 0.2) is 5.58 Å². The first-order valence-corrected chi connectivity index (χ1v) is 7.03. The lowest BCUT2D eigenvalue weighted by molar-refractivity contribution is -0.384. The predicted octanol–water partition coefficient (Wildman–Crippen LogP) is 1.21. The van der Waals surface area contributed by atoms with Crippen LogP contribution in [0.1, 0.15) is 6.42 Å². The fourth-order valence-electron chi connectivity index (χ4n) is 2.05. The Hall–Kier alpha value is -1.80. The van der Waals surface area contributed by atoms with E-state index in [9.17, 15) is 14.3 Å². The molecule has 3 rings (SSSR count). The molecule has 0 amide bonds. The summed E-state index contributed by atoms with van der Waals surface area (Å²) in [7, 11) is -1.32. The number of oxazole rings is 1. The average Bonchev–Trinajstić information content (AvgIpc) is 3.06. The first-order chi connectivity index (χ1) is 9.15. The Morgan fingerprint density at radius 2 is 2.37 bits per heavy atom. The summed E-state index contributed by atoms with van der Waals surface area (Å²) in [5.41, 5.74) is 0.726. The Bertz CT molecular complexity index is 663. The van der Waals surface area contributed by atoms with Crippen molar-refractivity contribution in [3.8, 4) is 0 Å². The summed E-state index contributed by atoms with van der Waals surface area (Å²) in [4.78, 5) is 14.3. The van der Waals surface area contributed by atoms with E-state index in [0.717, 1.165) is 13.0 Å². The Morgan fingerprint density at radius 1 is 1.53 bits per heavy atom. The summed E-state index contributed by atoms with van der Waals surface area (Å²) in [6, 6.07) is 4.15. The van der Waals surface area contributed by atoms with Crippen LogP contribution in [-0.2, 0) is 10.8 Å². The van der Waals surface area contributed by atoms with Crippen molar-refractivity contribution >= 4 is 27.6 Å². The molecule has 2 heterocycles. The van der Waals surface area contributed by atoms with Crippen LogP contribution < -0.4 is 5.32 Å². The molecule has 19 heavy (non-hydrogen) atoms. The van der Waals surface area contributed by atoms with E-state index < -0.39 is 15.7 Å². The summed E-state index contributed by atoms with van der Waals surface area (Å²) in [6.45, 7) is 1.51. The van der Waals surface area contributed by atoms with Crippen LogP contribution in [0.15, 0.2) is 27.8 Å². The Balaban J connectivity index is 1.96. The minimum absolute atomic E-state index is 0.0111. The number of non-ortho nitro benzene ring substituents is 1. The fraction of sp³-hybridized carbons (Fsp3) is 0.364. The molecule has 7 nitrogen and oxygen atoms in total. The highest BCUT2D eigenvalue weighted by Gasteiger charge is 2.26. The van der Waals surface area contributed by atoms with Crippen LogP contribution in [0.25, 0.3) is 11.1 Å². The molecule has 2 aromatic rings. The van der Waals surface area contributed by atoms with E-state index in [1.165, 1.54) is 18.2 Å². The second-order valence-corrected chi connectivity index (χ2v) is 5.91. The SMILES string of the molecule is O=[N+]([O-])c1ccc2oc([S@@](=O)[C@@H]3CCNC3)nc2c1. The number of rotatable bonds is 3. The first-order valence-electron chi connectivity index (χ1n) is 5.81. The standard InChI is InChI=1S/C11H11N3O4S/c15-14(16)7-1-2-10-9(5-7)13-11(18-10)19(17)8-3-4-12-6-8/h1-2,5,8,12H,3-4,6H2/t8-,19+/m1/s1. The molecule has 1 aromatic heterocycles. The van der Waals surface area contributed by atoms with Crippen molar-refractivity contribution in [1.82, 2.24) is 10.3 Å². The molecule has 8 heteroatoms. The molecule has 1 fully saturated rings. The second-order valence-electron chi connectivity index (χ2n) is 4.30. The van der Waals surface area contributed by atoms with E-state index in [-0.39, 0.29) is 16.2 Å². The zero-order valence-corrected chi connectivity index (χ0v) is 10.7. The number of benzene rings is 1. The van der Waals surface area contributed by atoms with Gasteiger partial charge in [-0.3, -0.25) is 10.1 Å². The molecule has 2 atom stereocenters. The van der Waals surface area contributed by atoms with Crippen LogP contribution in [0.3, 0.4) is 0 Å². The fourth-order valence-corrected chi connectivity index (χ4v) is 3.29. The Morgan fingerprint density at radius 3 is 3.05 bits per heavy atom. The number of aromatic nitrogens is 1. The molecule has 0 radical (unpaired) electrons. The van der Waals surface area contributed by atoms with Gasteiger partial charge in [0.25, 0.3) is 10.9 Å². The third-order valence-corrected chi connectivity index (χ3v) is 4.58. The molecule has 0 saturated carbocycles. The number of nitro benzene ring substituents is 1. The number of hydrogen-bond acceptors (Lipinski definition) is 6. The van der Waals surface area contributed by atoms with Gasteiger partial charge in [0.05, 0.1) is 10.2 Å². The highest BCUT2D eigenvalue weighted by atomic mass is 32.2. The molecule has 1 aromatic carbocycles. The van der Waals surface area contributed by atoms with E-state index >= 15 is 0 Å². The lowest BCUT2D eigenvalue weighted by atomic mass is 10.3. The molecular formula is C11H11N3O4S. The number of fused-ring (bicyclic) bond motifs is 1. The topological polar surface area (TPSA) is 98.3 Å². The van der Waals surface area contributed by atoms with Crippen molar-refractivity contribution < 1.29 is 13.5 Å². The summed E-state index contributed by atoms with van der Waals surface area (Å²) in [5.74, 6) is 0. The quantitative estimate of drug-likeness (QED) is 0.670. The highest BCUT2D eigenvalue weighted by Crippen LogP contribution is 2.24. The largest absolute Gasteiger partial charge is 0.430 e. The van der Waals surface area contributed by atoms with Gasteiger partial charge < -0.3 is 9.73 Å². The third kappa shape index (κ3) is 2.24. The monoisotopic (exact) mass is 281 g/mol. The van der Waals surface area contributed by atoms with Crippen molar-refractivity contribution in [3.63, 3.8) is 0 Å². The van der Waals surface area contributed by atoms with Gasteiger partial charge in [-0.05, 0) is 19.0 Å². The molecule has 1 saturated heterocycles. The van der Waals surface area contributed by atoms with E-state index in [4.69, 9.17) is 4.42 Å². The third-order valence-electron chi connectivity index (χ3n) is 3.05. The molecule has 1 aliphatic heterocycles. The molecular weight excluding hydrogens is 270 g/mol. The lowest BCUT2D eigenvalue weighted by Crippen LogP contribution is -2.18. The number of nitro groups is 1. The van der Waals surface area contributed by atoms with Gasteiger partial charge in [-0.15, -0.1) is 0 Å². The van der Waals surface area contributed by atoms with E-state index in [2.05, 4.69) is 10.3 Å². The van der Waals surface area contributed by atoms with Crippen molar-refractivity contribution in [3.05, 3.63) is 28.3 Å². The van der Waals surface area contributed by atoms with Crippen molar-refractivity contribution in [1.29, 1.82) is 0 Å². The smallest absolute Gasteiger partial charge is 0.288 e. The maximum absolute atomic E-state index is 12.2. The van der Waals surface area contributed by atoms with Crippen LogP contribution in [0.4, 0.5) is 5.69 Å². The maximum Gasteiger partial charge on any atom is 0.288 e. The van der Waals surface area contributed by atoms with Crippen molar-refractivity contribution in [2.75, 3.05) is 13.1 Å². The minimum atomic E-state index is -1.32. The highest BCUT2D eigenvalue weighted by molar-refractivity contribution is 7.85. The molecule has 100 valence electrons. The molecule has 0 unspecified atom stereocenters. The summed E-state index contributed by atoms with van der Waals surface area (Å²) < 4.78 is 17.6. The van der Waals surface area contributed by atoms with Crippen LogP contribution in [0.5, 0.6) is 0 Å². The molecule has 0 bridgehead atoms. The zero-order valence-electron chi connectivity index (χ0n) is 9.87. The van der Waals surface area contributed by atoms with Gasteiger partial charge in [-0.1, -0.05) is 0 Å². The summed E-state index contributed by atoms with van der Waals surface area (Å²) in [6.07, 6.45) is 0.811. The number of nitrogens with one attached hydrogen (secondary N) is 1. The summed E-state index contributed by atoms with van der Waals surface area (Å²) >= 11 is 0. The predicted molar refractivity (Wildman–Crippen MR) is 68.3 cm³/mol. The van der Waals surface area contributed by atoms with Gasteiger partial charge >= 0.3 is 0 Å². The van der Waals surface area contributed by atoms with E-state index in [1.807, 2.05) is 0 Å². The van der Waals surface area contributed by atoms with Crippen LogP contribution in [0, 0.1) is 10.1 Å². The van der Waals surface area contributed by atoms with Crippen molar-refractivity contribution in [2.24, 2.45) is 0 Å². The van der Waals surface area contributed by atoms with Gasteiger partial charge in [0.1, 0.15) is 16.3 Å². The van der Waals surface area contributed by atoms with Gasteiger partial charge in [0.2, 0.25) is 0 Å². The maximum atomic E-state index is 12.2. The minimum Gasteiger partial charge on any atom is -0.430 e. The van der Waals surface area contributed by atoms with Gasteiger partial charge in [-0.25, -0.2) is 9.19 Å². The summed E-state index contributed by atoms with van der Waals surface area (Å²) in [5, 5.41) is 13.9. The van der Waals surface area contributed by atoms with E-state index in [1.54, 1.807) is 0 Å². The molecule has 0 aliphatic carbocycles. The van der Waals surface area contributed by atoms with Gasteiger partial charge in [-0.2, -0.15) is 0 Å². The number of nitrogens with zero attached hydrogens (tertiary/aromatic N) is 2. The van der Waals surface area contributed by atoms with E-state index in [0.29, 0.717) is 17.6 Å². The second kappa shape index (κ2) is 4.71. The first kappa shape index (κ1) is 12.2. The van der Waals surface area contributed by atoms with Crippen LogP contribution >= 0.6 is 0 Å². The van der Waals surface area contributed by atoms with Crippen molar-refractivity contribution in [2.45, 2.75) is 16.9 Å². The Kier molecular flexibility index (Phi) is 3.03. The molecule has 0 spiro atoms. The van der Waals surface area contributed by atoms with Gasteiger partial charge in [0, 0.05) is 18.7 Å². The normalized spacial score (nSPS) is 20.7. The van der Waals surface area contributed by atoms with Crippen LogP contribution in [0.2, 0.25) is 0 Å². The average molecular weight is 281 g/mol. The lowest BCUT2D eigenvalue weighted by Gasteiger charge is -2.02. The Labute approximate surface area is 110 Å². The zero-order chi connectivity index (χ0) is 13.4. The molecule has 1 N–H and O–H groups in total. The van der Waals surface area contributed by atoms with Crippen LogP contribution in [-0.4, -0.2) is 32.5 Å². The molecule has 1 aliphatic rings. The number of hydrogen-bond donors (Lipinski definition) is 1.